The van der Waals surface area contributed by atoms with Crippen molar-refractivity contribution in [3.8, 4) is 0 Å². The molecule has 1 saturated heterocycles. The topological polar surface area (TPSA) is 61.4 Å². The molecule has 1 aliphatic rings. The van der Waals surface area contributed by atoms with Gasteiger partial charge in [0, 0.05) is 29.2 Å². The van der Waals surface area contributed by atoms with Crippen LogP contribution in [0.2, 0.25) is 0 Å². The average molecular weight is 396 g/mol. The Kier molecular flexibility index (Phi) is 7.72. The number of nitrogens with zero attached hydrogens (tertiary/aromatic N) is 1. The third-order valence-electron chi connectivity index (χ3n) is 4.40. The normalized spacial score (nSPS) is 18.2. The van der Waals surface area contributed by atoms with Crippen LogP contribution in [0.1, 0.15) is 43.0 Å². The van der Waals surface area contributed by atoms with E-state index in [1.807, 2.05) is 0 Å². The Morgan fingerprint density at radius 3 is 2.67 bits per heavy atom. The third kappa shape index (κ3) is 6.24. The SMILES string of the molecule is C[C@@H]1CCCCN1CCCNC(=O)CNC(=O)c1ccc(Br)cc1. The van der Waals surface area contributed by atoms with E-state index in [1.54, 1.807) is 24.3 Å². The summed E-state index contributed by atoms with van der Waals surface area (Å²) in [5.41, 5.74) is 0.546. The summed E-state index contributed by atoms with van der Waals surface area (Å²) in [7, 11) is 0. The van der Waals surface area contributed by atoms with Crippen LogP contribution in [0.4, 0.5) is 0 Å². The Balaban J connectivity index is 1.59. The van der Waals surface area contributed by atoms with Crippen LogP contribution in [-0.4, -0.2) is 48.9 Å². The number of benzene rings is 1. The standard InChI is InChI=1S/C18H26BrN3O2/c1-14-5-2-3-11-22(14)12-4-10-20-17(23)13-21-18(24)15-6-8-16(19)9-7-15/h6-9,14H,2-5,10-13H2,1H3,(H,20,23)(H,21,24)/t14-/m1/s1. The van der Waals surface area contributed by atoms with E-state index in [0.717, 1.165) is 17.4 Å². The summed E-state index contributed by atoms with van der Waals surface area (Å²) >= 11 is 3.33. The van der Waals surface area contributed by atoms with Crippen molar-refractivity contribution in [2.24, 2.45) is 0 Å². The molecule has 132 valence electrons. The zero-order valence-electron chi connectivity index (χ0n) is 14.2. The maximum Gasteiger partial charge on any atom is 0.251 e. The smallest absolute Gasteiger partial charge is 0.251 e. The van der Waals surface area contributed by atoms with E-state index in [-0.39, 0.29) is 18.4 Å². The molecule has 24 heavy (non-hydrogen) atoms. The number of hydrogen-bond donors (Lipinski definition) is 2. The lowest BCUT2D eigenvalue weighted by molar-refractivity contribution is -0.120. The van der Waals surface area contributed by atoms with Crippen LogP contribution in [0.25, 0.3) is 0 Å². The highest BCUT2D eigenvalue weighted by Gasteiger charge is 2.17. The quantitative estimate of drug-likeness (QED) is 0.697. The fourth-order valence-electron chi connectivity index (χ4n) is 2.93. The number of carbonyl (C=O) groups excluding carboxylic acids is 2. The molecule has 0 spiro atoms. The van der Waals surface area contributed by atoms with E-state index >= 15 is 0 Å². The highest BCUT2D eigenvalue weighted by molar-refractivity contribution is 9.10. The predicted octanol–water partition coefficient (Wildman–Crippen LogP) is 2.56. The van der Waals surface area contributed by atoms with E-state index < -0.39 is 0 Å². The van der Waals surface area contributed by atoms with Crippen molar-refractivity contribution in [1.82, 2.24) is 15.5 Å². The number of carbonyl (C=O) groups is 2. The number of likely N-dealkylation sites (tertiary alicyclic amines) is 1. The predicted molar refractivity (Wildman–Crippen MR) is 99.0 cm³/mol. The molecule has 1 heterocycles. The number of piperidine rings is 1. The van der Waals surface area contributed by atoms with Gasteiger partial charge in [0.25, 0.3) is 5.91 Å². The van der Waals surface area contributed by atoms with E-state index in [2.05, 4.69) is 38.4 Å². The minimum absolute atomic E-state index is 0.00894. The maximum atomic E-state index is 11.9. The van der Waals surface area contributed by atoms with Gasteiger partial charge in [-0.1, -0.05) is 22.4 Å². The fraction of sp³-hybridized carbons (Fsp3) is 0.556. The lowest BCUT2D eigenvalue weighted by atomic mass is 10.0. The van der Waals surface area contributed by atoms with Crippen LogP contribution in [0.3, 0.4) is 0 Å². The van der Waals surface area contributed by atoms with E-state index in [4.69, 9.17) is 0 Å². The highest BCUT2D eigenvalue weighted by Crippen LogP contribution is 2.16. The minimum atomic E-state index is -0.236. The molecule has 0 unspecified atom stereocenters. The third-order valence-corrected chi connectivity index (χ3v) is 4.93. The van der Waals surface area contributed by atoms with Gasteiger partial charge in [0.15, 0.2) is 0 Å². The molecule has 2 rings (SSSR count). The van der Waals surface area contributed by atoms with Crippen LogP contribution in [0, 0.1) is 0 Å². The molecule has 0 radical (unpaired) electrons. The van der Waals surface area contributed by atoms with Gasteiger partial charge in [0.05, 0.1) is 6.54 Å². The monoisotopic (exact) mass is 395 g/mol. The first kappa shape index (κ1) is 18.9. The molecule has 0 aliphatic carbocycles. The van der Waals surface area contributed by atoms with Crippen molar-refractivity contribution in [3.63, 3.8) is 0 Å². The summed E-state index contributed by atoms with van der Waals surface area (Å²) in [5, 5.41) is 5.50. The summed E-state index contributed by atoms with van der Waals surface area (Å²) < 4.78 is 0.916. The maximum absolute atomic E-state index is 11.9. The molecule has 1 aromatic rings. The summed E-state index contributed by atoms with van der Waals surface area (Å²) in [5.74, 6) is -0.382. The molecule has 6 heteroatoms. The van der Waals surface area contributed by atoms with Gasteiger partial charge in [-0.05, 0) is 57.0 Å². The zero-order chi connectivity index (χ0) is 17.4. The molecule has 0 aromatic heterocycles. The van der Waals surface area contributed by atoms with Crippen LogP contribution in [0.5, 0.6) is 0 Å². The van der Waals surface area contributed by atoms with Crippen molar-refractivity contribution >= 4 is 27.7 Å². The molecule has 1 aromatic carbocycles. The van der Waals surface area contributed by atoms with Crippen molar-refractivity contribution in [1.29, 1.82) is 0 Å². The number of rotatable bonds is 7. The molecule has 1 fully saturated rings. The number of halogens is 1. The Bertz CT molecular complexity index is 548. The van der Waals surface area contributed by atoms with Crippen LogP contribution >= 0.6 is 15.9 Å². The molecule has 2 N–H and O–H groups in total. The molecule has 1 aliphatic heterocycles. The highest BCUT2D eigenvalue weighted by atomic mass is 79.9. The van der Waals surface area contributed by atoms with Crippen LogP contribution in [-0.2, 0) is 4.79 Å². The molecule has 2 amide bonds. The Labute approximate surface area is 152 Å². The molecule has 1 atom stereocenters. The molecular weight excluding hydrogens is 370 g/mol. The second kappa shape index (κ2) is 9.79. The number of nitrogens with one attached hydrogen (secondary N) is 2. The fourth-order valence-corrected chi connectivity index (χ4v) is 3.19. The second-order valence-electron chi connectivity index (χ2n) is 6.27. The van der Waals surface area contributed by atoms with Gasteiger partial charge in [-0.2, -0.15) is 0 Å². The Morgan fingerprint density at radius 2 is 1.96 bits per heavy atom. The van der Waals surface area contributed by atoms with Crippen LogP contribution < -0.4 is 10.6 Å². The number of amides is 2. The number of hydrogen-bond acceptors (Lipinski definition) is 3. The van der Waals surface area contributed by atoms with Crippen molar-refractivity contribution in [3.05, 3.63) is 34.3 Å². The summed E-state index contributed by atoms with van der Waals surface area (Å²) in [4.78, 5) is 26.2. The lowest BCUT2D eigenvalue weighted by Gasteiger charge is -2.33. The van der Waals surface area contributed by atoms with Crippen molar-refractivity contribution in [2.75, 3.05) is 26.2 Å². The second-order valence-corrected chi connectivity index (χ2v) is 7.19. The van der Waals surface area contributed by atoms with Gasteiger partial charge in [-0.3, -0.25) is 9.59 Å². The van der Waals surface area contributed by atoms with Gasteiger partial charge in [0.1, 0.15) is 0 Å². The molecule has 0 saturated carbocycles. The van der Waals surface area contributed by atoms with E-state index in [1.165, 1.54) is 25.8 Å². The zero-order valence-corrected chi connectivity index (χ0v) is 15.8. The van der Waals surface area contributed by atoms with E-state index in [9.17, 15) is 9.59 Å². The van der Waals surface area contributed by atoms with Crippen molar-refractivity contribution < 1.29 is 9.59 Å². The largest absolute Gasteiger partial charge is 0.355 e. The first-order valence-corrected chi connectivity index (χ1v) is 9.40. The van der Waals surface area contributed by atoms with Gasteiger partial charge in [-0.25, -0.2) is 0 Å². The van der Waals surface area contributed by atoms with Gasteiger partial charge < -0.3 is 15.5 Å². The lowest BCUT2D eigenvalue weighted by Crippen LogP contribution is -2.40. The first-order chi connectivity index (χ1) is 11.6. The van der Waals surface area contributed by atoms with Gasteiger partial charge in [-0.15, -0.1) is 0 Å². The van der Waals surface area contributed by atoms with Crippen molar-refractivity contribution in [2.45, 2.75) is 38.6 Å². The first-order valence-electron chi connectivity index (χ1n) is 8.61. The van der Waals surface area contributed by atoms with Crippen LogP contribution in [0.15, 0.2) is 28.7 Å². The summed E-state index contributed by atoms with van der Waals surface area (Å²) in [6.45, 7) is 5.12. The molecule has 0 bridgehead atoms. The Hall–Kier alpha value is -1.40. The Morgan fingerprint density at radius 1 is 1.21 bits per heavy atom. The minimum Gasteiger partial charge on any atom is -0.355 e. The van der Waals surface area contributed by atoms with E-state index in [0.29, 0.717) is 18.2 Å². The average Bonchev–Trinajstić information content (AvgIpc) is 2.58. The van der Waals surface area contributed by atoms with Gasteiger partial charge >= 0.3 is 0 Å². The summed E-state index contributed by atoms with van der Waals surface area (Å²) in [6, 6.07) is 7.70. The summed E-state index contributed by atoms with van der Waals surface area (Å²) in [6.07, 6.45) is 4.82. The molecular formula is C18H26BrN3O2. The molecule has 5 nitrogen and oxygen atoms in total. The van der Waals surface area contributed by atoms with Gasteiger partial charge in [0.2, 0.25) is 5.91 Å².